The van der Waals surface area contributed by atoms with Crippen LogP contribution in [0.5, 0.6) is 0 Å². The van der Waals surface area contributed by atoms with Crippen LogP contribution in [0.2, 0.25) is 0 Å². The Bertz CT molecular complexity index is 1220. The van der Waals surface area contributed by atoms with Crippen LogP contribution >= 0.6 is 0 Å². The Hall–Kier alpha value is -3.93. The highest BCUT2D eigenvalue weighted by Crippen LogP contribution is 2.28. The van der Waals surface area contributed by atoms with Gasteiger partial charge in [-0.05, 0) is 44.7 Å². The summed E-state index contributed by atoms with van der Waals surface area (Å²) in [5.74, 6) is -0.651. The second kappa shape index (κ2) is 11.4. The fraction of sp³-hybridized carbons (Fsp3) is 0.323. The molecule has 6 nitrogen and oxygen atoms in total. The lowest BCUT2D eigenvalue weighted by Crippen LogP contribution is -2.46. The van der Waals surface area contributed by atoms with Crippen LogP contribution in [0.1, 0.15) is 54.2 Å². The van der Waals surface area contributed by atoms with E-state index in [0.29, 0.717) is 30.4 Å². The largest absolute Gasteiger partial charge is 0.460 e. The fourth-order valence-electron chi connectivity index (χ4n) is 4.52. The molecule has 0 radical (unpaired) electrons. The Morgan fingerprint density at radius 2 is 1.49 bits per heavy atom. The molecular formula is C31H33NO5. The first kappa shape index (κ1) is 26.1. The zero-order chi connectivity index (χ0) is 26.4. The number of alkyl carbamates (subject to hydrolysis) is 1. The third-order valence-electron chi connectivity index (χ3n) is 6.30. The van der Waals surface area contributed by atoms with Gasteiger partial charge in [0.2, 0.25) is 0 Å². The van der Waals surface area contributed by atoms with Gasteiger partial charge in [0, 0.05) is 17.5 Å². The Labute approximate surface area is 218 Å². The highest BCUT2D eigenvalue weighted by molar-refractivity contribution is 6.08. The number of cyclic esters (lactones) is 1. The maximum atomic E-state index is 12.8. The van der Waals surface area contributed by atoms with Crippen molar-refractivity contribution in [1.82, 2.24) is 5.32 Å². The number of rotatable bonds is 8. The first-order valence-electron chi connectivity index (χ1n) is 12.6. The predicted octanol–water partition coefficient (Wildman–Crippen LogP) is 5.53. The van der Waals surface area contributed by atoms with E-state index in [1.165, 1.54) is 0 Å². The van der Waals surface area contributed by atoms with E-state index < -0.39 is 23.8 Å². The van der Waals surface area contributed by atoms with E-state index in [4.69, 9.17) is 9.47 Å². The molecule has 1 aliphatic heterocycles. The highest BCUT2D eigenvalue weighted by Gasteiger charge is 2.40. The van der Waals surface area contributed by atoms with Crippen molar-refractivity contribution in [2.24, 2.45) is 5.92 Å². The number of carbonyl (C=O) groups excluding carboxylic acids is 3. The van der Waals surface area contributed by atoms with Crippen molar-refractivity contribution in [2.75, 3.05) is 0 Å². The van der Waals surface area contributed by atoms with E-state index >= 15 is 0 Å². The number of esters is 1. The zero-order valence-electron chi connectivity index (χ0n) is 21.5. The van der Waals surface area contributed by atoms with Gasteiger partial charge in [0.25, 0.3) is 0 Å². The van der Waals surface area contributed by atoms with Crippen LogP contribution in [0.4, 0.5) is 4.79 Å². The van der Waals surface area contributed by atoms with Crippen LogP contribution in [0.15, 0.2) is 84.9 Å². The molecule has 1 heterocycles. The maximum absolute atomic E-state index is 12.8. The smallest absolute Gasteiger partial charge is 0.408 e. The standard InChI is InChI=1S/C31H33NO5/c1-31(2,3)37-30(35)32-26(19-21-10-6-4-7-11-21)27-20-25(29(34)36-27)18-22-14-16-24(17-15-22)28(33)23-12-8-5-9-13-23/h4-17,25-27H,18-20H2,1-3H3,(H,32,35)/t25-,26+,27-/m1/s1. The van der Waals surface area contributed by atoms with Crippen LogP contribution in [0.3, 0.4) is 0 Å². The summed E-state index contributed by atoms with van der Waals surface area (Å²) in [6, 6.07) is 25.9. The van der Waals surface area contributed by atoms with Gasteiger partial charge in [-0.3, -0.25) is 9.59 Å². The van der Waals surface area contributed by atoms with E-state index in [-0.39, 0.29) is 17.7 Å². The van der Waals surface area contributed by atoms with Crippen molar-refractivity contribution >= 4 is 17.8 Å². The Balaban J connectivity index is 1.42. The number of benzene rings is 3. The van der Waals surface area contributed by atoms with Gasteiger partial charge in [-0.2, -0.15) is 0 Å². The molecule has 4 rings (SSSR count). The Morgan fingerprint density at radius 1 is 0.892 bits per heavy atom. The summed E-state index contributed by atoms with van der Waals surface area (Å²) in [4.78, 5) is 38.0. The third kappa shape index (κ3) is 7.29. The maximum Gasteiger partial charge on any atom is 0.408 e. The molecule has 1 N–H and O–H groups in total. The molecule has 0 bridgehead atoms. The number of nitrogens with one attached hydrogen (secondary N) is 1. The summed E-state index contributed by atoms with van der Waals surface area (Å²) in [5, 5.41) is 2.93. The van der Waals surface area contributed by atoms with Crippen molar-refractivity contribution in [3.05, 3.63) is 107 Å². The van der Waals surface area contributed by atoms with Gasteiger partial charge in [0.1, 0.15) is 11.7 Å². The molecule has 3 aromatic carbocycles. The second-order valence-corrected chi connectivity index (χ2v) is 10.4. The number of ketones is 1. The molecule has 0 unspecified atom stereocenters. The van der Waals surface area contributed by atoms with Gasteiger partial charge < -0.3 is 14.8 Å². The zero-order valence-corrected chi connectivity index (χ0v) is 21.5. The van der Waals surface area contributed by atoms with Gasteiger partial charge in [-0.15, -0.1) is 0 Å². The first-order chi connectivity index (χ1) is 17.7. The van der Waals surface area contributed by atoms with Crippen LogP contribution in [0.25, 0.3) is 0 Å². The molecule has 3 aromatic rings. The minimum absolute atomic E-state index is 0.0375. The van der Waals surface area contributed by atoms with Gasteiger partial charge in [-0.1, -0.05) is 84.9 Å². The lowest BCUT2D eigenvalue weighted by atomic mass is 9.91. The fourth-order valence-corrected chi connectivity index (χ4v) is 4.52. The minimum atomic E-state index is -0.635. The summed E-state index contributed by atoms with van der Waals surface area (Å²) < 4.78 is 11.2. The Kier molecular flexibility index (Phi) is 8.07. The molecule has 0 aliphatic carbocycles. The topological polar surface area (TPSA) is 81.7 Å². The van der Waals surface area contributed by atoms with Crippen LogP contribution in [-0.4, -0.2) is 35.6 Å². The van der Waals surface area contributed by atoms with E-state index in [2.05, 4.69) is 5.32 Å². The predicted molar refractivity (Wildman–Crippen MR) is 141 cm³/mol. The molecule has 0 aromatic heterocycles. The van der Waals surface area contributed by atoms with Crippen molar-refractivity contribution in [1.29, 1.82) is 0 Å². The number of hydrogen-bond acceptors (Lipinski definition) is 5. The van der Waals surface area contributed by atoms with E-state index in [0.717, 1.165) is 11.1 Å². The SMILES string of the molecule is CC(C)(C)OC(=O)N[C@@H](Cc1ccccc1)[C@H]1C[C@@H](Cc2ccc(C(=O)c3ccccc3)cc2)C(=O)O1. The third-order valence-corrected chi connectivity index (χ3v) is 6.30. The van der Waals surface area contributed by atoms with Gasteiger partial charge in [0.15, 0.2) is 5.78 Å². The van der Waals surface area contributed by atoms with Crippen molar-refractivity contribution in [3.63, 3.8) is 0 Å². The molecule has 6 heteroatoms. The van der Waals surface area contributed by atoms with Gasteiger partial charge >= 0.3 is 12.1 Å². The summed E-state index contributed by atoms with van der Waals surface area (Å²) in [5.41, 5.74) is 2.59. The molecular weight excluding hydrogens is 466 g/mol. The molecule has 192 valence electrons. The summed E-state index contributed by atoms with van der Waals surface area (Å²) >= 11 is 0. The highest BCUT2D eigenvalue weighted by atomic mass is 16.6. The summed E-state index contributed by atoms with van der Waals surface area (Å²) in [6.07, 6.45) is 0.494. The molecule has 0 saturated carbocycles. The monoisotopic (exact) mass is 499 g/mol. The van der Waals surface area contributed by atoms with Crippen LogP contribution < -0.4 is 5.32 Å². The van der Waals surface area contributed by atoms with E-state index in [1.54, 1.807) is 24.3 Å². The summed E-state index contributed by atoms with van der Waals surface area (Å²) in [7, 11) is 0. The normalized spacial score (nSPS) is 18.1. The first-order valence-corrected chi connectivity index (χ1v) is 12.6. The van der Waals surface area contributed by atoms with Crippen molar-refractivity contribution in [3.8, 4) is 0 Å². The van der Waals surface area contributed by atoms with Gasteiger partial charge in [0.05, 0.1) is 12.0 Å². The summed E-state index contributed by atoms with van der Waals surface area (Å²) in [6.45, 7) is 5.43. The molecule has 1 amide bonds. The molecule has 3 atom stereocenters. The minimum Gasteiger partial charge on any atom is -0.460 e. The number of hydrogen-bond donors (Lipinski definition) is 1. The average molecular weight is 500 g/mol. The molecule has 1 saturated heterocycles. The molecule has 1 aliphatic rings. The lowest BCUT2D eigenvalue weighted by molar-refractivity contribution is -0.145. The quantitative estimate of drug-likeness (QED) is 0.326. The molecule has 37 heavy (non-hydrogen) atoms. The van der Waals surface area contributed by atoms with E-state index in [9.17, 15) is 14.4 Å². The number of ether oxygens (including phenoxy) is 2. The number of carbonyl (C=O) groups is 3. The Morgan fingerprint density at radius 3 is 2.11 bits per heavy atom. The molecule has 0 spiro atoms. The van der Waals surface area contributed by atoms with Crippen LogP contribution in [-0.2, 0) is 27.1 Å². The van der Waals surface area contributed by atoms with Crippen LogP contribution in [0, 0.1) is 5.92 Å². The second-order valence-electron chi connectivity index (χ2n) is 10.4. The van der Waals surface area contributed by atoms with Crippen molar-refractivity contribution in [2.45, 2.75) is 57.8 Å². The van der Waals surface area contributed by atoms with Gasteiger partial charge in [-0.25, -0.2) is 4.79 Å². The van der Waals surface area contributed by atoms with E-state index in [1.807, 2.05) is 81.4 Å². The lowest BCUT2D eigenvalue weighted by Gasteiger charge is -2.26. The molecule has 1 fully saturated rings. The average Bonchev–Trinajstić information content (AvgIpc) is 3.23. The number of amides is 1. The van der Waals surface area contributed by atoms with Crippen molar-refractivity contribution < 1.29 is 23.9 Å².